The summed E-state index contributed by atoms with van der Waals surface area (Å²) in [6.45, 7) is 1.21. The number of hydrogen-bond donors (Lipinski definition) is 2. The fraction of sp³-hybridized carbons (Fsp3) is 0.450. The van der Waals surface area contributed by atoms with Crippen molar-refractivity contribution in [3.63, 3.8) is 0 Å². The van der Waals surface area contributed by atoms with E-state index in [1.807, 2.05) is 6.07 Å². The number of methoxy groups -OCH3 is 1. The monoisotopic (exact) mass is 878 g/mol. The third-order valence-electron chi connectivity index (χ3n) is 11.8. The molecule has 3 fully saturated rings. The van der Waals surface area contributed by atoms with Crippen LogP contribution in [0.1, 0.15) is 48.8 Å². The molecule has 5 heterocycles. The summed E-state index contributed by atoms with van der Waals surface area (Å²) in [4.78, 5) is 16.7. The van der Waals surface area contributed by atoms with Crippen molar-refractivity contribution in [3.8, 4) is 29.0 Å². The molecule has 0 bridgehead atoms. The molecule has 2 aliphatic carbocycles. The highest BCUT2D eigenvalue weighted by molar-refractivity contribution is 7.23. The normalized spacial score (nSPS) is 18.7. The largest absolute Gasteiger partial charge is 0.490 e. The maximum absolute atomic E-state index is 17.4. The van der Waals surface area contributed by atoms with Crippen LogP contribution in [0.3, 0.4) is 0 Å². The van der Waals surface area contributed by atoms with Gasteiger partial charge in [0.15, 0.2) is 5.82 Å². The lowest BCUT2D eigenvalue weighted by Crippen LogP contribution is -2.41. The lowest BCUT2D eigenvalue weighted by molar-refractivity contribution is -0.138. The number of halogens is 8. The molecular formula is C40H38ClF7N8O3S. The smallest absolute Gasteiger partial charge is 0.420 e. The molecule has 0 atom stereocenters. The third kappa shape index (κ3) is 7.34. The van der Waals surface area contributed by atoms with Crippen molar-refractivity contribution in [2.45, 2.75) is 50.7 Å². The minimum atomic E-state index is -5.25. The summed E-state index contributed by atoms with van der Waals surface area (Å²) in [5.74, 6) is -5.73. The summed E-state index contributed by atoms with van der Waals surface area (Å²) in [6, 6.07) is 4.89. The summed E-state index contributed by atoms with van der Waals surface area (Å²) < 4.78 is 123. The number of rotatable bonds is 8. The SMILES string of the molecule is COC.N#Cc1c(N)sc2c(F)ccc(-c3c(C(F)(F)F)c4c5c(nc(OCC6(CN7CCC8(CC7)CC8(F)F)CC6)nc5c3F)N(Cc3cc(Cl)cnc3N)CCO4)c12. The van der Waals surface area contributed by atoms with Crippen LogP contribution in [0.4, 0.5) is 47.4 Å². The predicted molar refractivity (Wildman–Crippen MR) is 212 cm³/mol. The van der Waals surface area contributed by atoms with Crippen molar-refractivity contribution in [2.24, 2.45) is 10.8 Å². The van der Waals surface area contributed by atoms with Gasteiger partial charge in [-0.05, 0) is 56.5 Å². The van der Waals surface area contributed by atoms with E-state index in [1.54, 1.807) is 25.2 Å². The van der Waals surface area contributed by atoms with Crippen molar-refractivity contribution < 1.29 is 44.9 Å². The molecule has 9 rings (SSSR count). The molecule has 0 radical (unpaired) electrons. The third-order valence-corrected chi connectivity index (χ3v) is 13.0. The number of aromatic nitrogens is 3. The second kappa shape index (κ2) is 15.2. The minimum Gasteiger partial charge on any atom is -0.490 e. The maximum Gasteiger partial charge on any atom is 0.420 e. The van der Waals surface area contributed by atoms with Crippen molar-refractivity contribution in [1.82, 2.24) is 19.9 Å². The number of nitrogens with zero attached hydrogens (tertiary/aromatic N) is 6. The molecule has 4 aliphatic rings. The molecule has 1 spiro atoms. The number of hydrogen-bond acceptors (Lipinski definition) is 12. The number of benzene rings is 2. The fourth-order valence-corrected chi connectivity index (χ4v) is 9.48. The minimum absolute atomic E-state index is 0.0552. The second-order valence-electron chi connectivity index (χ2n) is 15.8. The van der Waals surface area contributed by atoms with Gasteiger partial charge in [0.05, 0.1) is 33.8 Å². The van der Waals surface area contributed by atoms with Crippen molar-refractivity contribution in [3.05, 3.63) is 57.7 Å². The number of pyridine rings is 1. The zero-order chi connectivity index (χ0) is 42.9. The summed E-state index contributed by atoms with van der Waals surface area (Å²) >= 11 is 6.87. The second-order valence-corrected chi connectivity index (χ2v) is 17.3. The summed E-state index contributed by atoms with van der Waals surface area (Å²) in [6.07, 6.45) is -1.67. The summed E-state index contributed by atoms with van der Waals surface area (Å²) in [7, 11) is 3.25. The highest BCUT2D eigenvalue weighted by Crippen LogP contribution is 2.66. The molecule has 0 amide bonds. The Labute approximate surface area is 348 Å². The Hall–Kier alpha value is -4.90. The predicted octanol–water partition coefficient (Wildman–Crippen LogP) is 8.83. The van der Waals surface area contributed by atoms with Crippen LogP contribution in [-0.2, 0) is 17.5 Å². The standard InChI is InChI=1S/C38H32ClF7N8O2S.C2H6O/c39-19-11-18(31(48)50-13-19)14-54-9-10-55-29-25-28(27(41)24(26(29)38(44,45)46)20-1-2-22(40)30-23(20)21(12-47)32(49)57-30)51-34(52-33(25)54)56-17-35(3-4-35)16-53-7-5-36(6-8-53)15-37(36,42)43;1-3-2/h1-2,11,13H,3-10,14-17,49H2,(H2,48,50);1-2H3. The first-order valence-corrected chi connectivity index (χ1v) is 20.1. The van der Waals surface area contributed by atoms with E-state index in [-0.39, 0.29) is 81.5 Å². The van der Waals surface area contributed by atoms with Gasteiger partial charge in [0.2, 0.25) is 0 Å². The quantitative estimate of drug-likeness (QED) is 0.144. The lowest BCUT2D eigenvalue weighted by Gasteiger charge is -2.34. The molecule has 60 heavy (non-hydrogen) atoms. The van der Waals surface area contributed by atoms with Crippen LogP contribution in [0.15, 0.2) is 24.4 Å². The number of alkyl halides is 5. The van der Waals surface area contributed by atoms with E-state index in [2.05, 4.69) is 24.6 Å². The molecular weight excluding hydrogens is 841 g/mol. The molecule has 3 aromatic heterocycles. The number of anilines is 3. The van der Waals surface area contributed by atoms with Crippen LogP contribution >= 0.6 is 22.9 Å². The van der Waals surface area contributed by atoms with Gasteiger partial charge in [-0.15, -0.1) is 11.3 Å². The van der Waals surface area contributed by atoms with E-state index in [1.165, 1.54) is 6.20 Å². The number of fused-ring (bicyclic) bond motifs is 1. The molecule has 2 saturated carbocycles. The molecule has 20 heteroatoms. The molecule has 5 aromatic rings. The fourth-order valence-electron chi connectivity index (χ4n) is 8.35. The topological polar surface area (TPSA) is 149 Å². The van der Waals surface area contributed by atoms with Gasteiger partial charge < -0.3 is 35.5 Å². The number of nitrogen functional groups attached to an aromatic ring is 2. The molecule has 2 aliphatic heterocycles. The van der Waals surface area contributed by atoms with Gasteiger partial charge in [-0.2, -0.15) is 28.4 Å². The van der Waals surface area contributed by atoms with Crippen LogP contribution < -0.4 is 25.8 Å². The number of nitriles is 1. The number of likely N-dealkylation sites (tertiary alicyclic amines) is 1. The van der Waals surface area contributed by atoms with Gasteiger partial charge in [0.1, 0.15) is 52.0 Å². The van der Waals surface area contributed by atoms with Gasteiger partial charge in [0.25, 0.3) is 5.92 Å². The van der Waals surface area contributed by atoms with Crippen LogP contribution in [0.5, 0.6) is 11.8 Å². The zero-order valence-corrected chi connectivity index (χ0v) is 33.9. The Morgan fingerprint density at radius 1 is 1.05 bits per heavy atom. The first kappa shape index (κ1) is 41.8. The summed E-state index contributed by atoms with van der Waals surface area (Å²) in [5, 5.41) is 9.35. The Balaban J connectivity index is 0.00000162. The van der Waals surface area contributed by atoms with E-state index < -0.39 is 62.5 Å². The number of piperidine rings is 1. The lowest BCUT2D eigenvalue weighted by atomic mass is 9.91. The van der Waals surface area contributed by atoms with E-state index in [9.17, 15) is 14.0 Å². The molecule has 318 valence electrons. The number of ether oxygens (including phenoxy) is 3. The zero-order valence-electron chi connectivity index (χ0n) is 32.3. The highest BCUT2D eigenvalue weighted by Gasteiger charge is 2.70. The van der Waals surface area contributed by atoms with Gasteiger partial charge in [-0.3, -0.25) is 0 Å². The van der Waals surface area contributed by atoms with Crippen molar-refractivity contribution >= 4 is 60.6 Å². The van der Waals surface area contributed by atoms with Gasteiger partial charge in [-0.25, -0.2) is 22.5 Å². The highest BCUT2D eigenvalue weighted by atomic mass is 35.5. The molecule has 4 N–H and O–H groups in total. The average Bonchev–Trinajstić information content (AvgIpc) is 4.05. The van der Waals surface area contributed by atoms with E-state index >= 15 is 22.0 Å². The van der Waals surface area contributed by atoms with Crippen LogP contribution in [0.2, 0.25) is 5.02 Å². The van der Waals surface area contributed by atoms with Gasteiger partial charge in [-0.1, -0.05) is 17.7 Å². The Kier molecular flexibility index (Phi) is 10.6. The maximum atomic E-state index is 17.4. The Morgan fingerprint density at radius 3 is 2.38 bits per heavy atom. The first-order valence-electron chi connectivity index (χ1n) is 18.9. The van der Waals surface area contributed by atoms with Crippen LogP contribution in [0, 0.1) is 33.8 Å². The van der Waals surface area contributed by atoms with E-state index in [0.29, 0.717) is 49.4 Å². The molecule has 11 nitrogen and oxygen atoms in total. The molecule has 1 saturated heterocycles. The number of thiophene rings is 1. The van der Waals surface area contributed by atoms with Gasteiger partial charge >= 0.3 is 12.2 Å². The average molecular weight is 879 g/mol. The van der Waals surface area contributed by atoms with E-state index in [4.69, 9.17) is 32.5 Å². The summed E-state index contributed by atoms with van der Waals surface area (Å²) in [5.41, 5.74) is 7.45. The van der Waals surface area contributed by atoms with Crippen LogP contribution in [-0.4, -0.2) is 79.4 Å². The van der Waals surface area contributed by atoms with Gasteiger partial charge in [0, 0.05) is 67.3 Å². The first-order chi connectivity index (χ1) is 28.4. The Morgan fingerprint density at radius 2 is 1.75 bits per heavy atom. The Bertz CT molecular complexity index is 2560. The van der Waals surface area contributed by atoms with Crippen molar-refractivity contribution in [1.29, 1.82) is 5.26 Å². The molecule has 2 aromatic carbocycles. The molecule has 0 unspecified atom stereocenters. The van der Waals surface area contributed by atoms with Crippen LogP contribution in [0.25, 0.3) is 32.1 Å². The number of nitrogens with two attached hydrogens (primary N) is 2. The van der Waals surface area contributed by atoms with E-state index in [0.717, 1.165) is 25.0 Å². The van der Waals surface area contributed by atoms with Crippen molar-refractivity contribution in [2.75, 3.05) is 70.0 Å².